The van der Waals surface area contributed by atoms with Crippen molar-refractivity contribution in [1.29, 1.82) is 0 Å². The minimum absolute atomic E-state index is 0.0216. The van der Waals surface area contributed by atoms with E-state index in [0.29, 0.717) is 17.9 Å². The number of rotatable bonds is 3. The van der Waals surface area contributed by atoms with Crippen molar-refractivity contribution < 1.29 is 8.81 Å². The minimum atomic E-state index is -0.405. The topological polar surface area (TPSA) is 26.0 Å². The van der Waals surface area contributed by atoms with Crippen molar-refractivity contribution >= 4 is 32.5 Å². The van der Waals surface area contributed by atoms with Gasteiger partial charge in [-0.1, -0.05) is 58.9 Å². The third-order valence-electron chi connectivity index (χ3n) is 4.95. The number of hydrogen-bond acceptors (Lipinski definition) is 3. The molecular weight excluding hydrogens is 357 g/mol. The normalized spacial score (nSPS) is 13.0. The summed E-state index contributed by atoms with van der Waals surface area (Å²) in [5, 5.41) is 0.978. The SMILES string of the molecule is CC(C)(C)c1cc2ccc(CC(C)(C)c3nc4ccccc4o3)c(F)c2s1. The zero-order valence-electron chi connectivity index (χ0n) is 16.4. The van der Waals surface area contributed by atoms with Gasteiger partial charge in [0.25, 0.3) is 0 Å². The number of fused-ring (bicyclic) bond motifs is 2. The third kappa shape index (κ3) is 3.27. The predicted octanol–water partition coefficient (Wildman–Crippen LogP) is 7.00. The van der Waals surface area contributed by atoms with Gasteiger partial charge < -0.3 is 4.42 Å². The molecule has 4 rings (SSSR count). The van der Waals surface area contributed by atoms with E-state index in [4.69, 9.17) is 4.42 Å². The van der Waals surface area contributed by atoms with E-state index in [-0.39, 0.29) is 11.2 Å². The molecule has 27 heavy (non-hydrogen) atoms. The molecule has 0 amide bonds. The maximum atomic E-state index is 15.3. The van der Waals surface area contributed by atoms with Gasteiger partial charge in [-0.15, -0.1) is 11.3 Å². The summed E-state index contributed by atoms with van der Waals surface area (Å²) in [6.07, 6.45) is 0.532. The zero-order chi connectivity index (χ0) is 19.4. The summed E-state index contributed by atoms with van der Waals surface area (Å²) in [5.74, 6) is 0.530. The Morgan fingerprint density at radius 3 is 2.48 bits per heavy atom. The van der Waals surface area contributed by atoms with E-state index in [9.17, 15) is 0 Å². The van der Waals surface area contributed by atoms with Crippen molar-refractivity contribution in [3.05, 3.63) is 64.6 Å². The average molecular weight is 382 g/mol. The first kappa shape index (κ1) is 18.2. The van der Waals surface area contributed by atoms with Crippen molar-refractivity contribution in [3.8, 4) is 0 Å². The Hall–Kier alpha value is -2.20. The summed E-state index contributed by atoms with van der Waals surface area (Å²) in [7, 11) is 0. The number of nitrogens with zero attached hydrogens (tertiary/aromatic N) is 1. The molecule has 0 saturated heterocycles. The molecule has 0 unspecified atom stereocenters. The standard InChI is InChI=1S/C23H24FNOS/c1-22(2,3)18-12-14-10-11-15(19(24)20(14)27-18)13-23(4,5)21-25-16-8-6-7-9-17(16)26-21/h6-12H,13H2,1-5H3. The number of hydrogen-bond donors (Lipinski definition) is 0. The lowest BCUT2D eigenvalue weighted by Gasteiger charge is -2.21. The monoisotopic (exact) mass is 381 g/mol. The number of oxazole rings is 1. The maximum Gasteiger partial charge on any atom is 0.201 e. The molecule has 0 bridgehead atoms. The quantitative estimate of drug-likeness (QED) is 0.382. The summed E-state index contributed by atoms with van der Waals surface area (Å²) in [6.45, 7) is 10.6. The summed E-state index contributed by atoms with van der Waals surface area (Å²) in [6, 6.07) is 13.8. The van der Waals surface area contributed by atoms with Crippen LogP contribution < -0.4 is 0 Å². The predicted molar refractivity (Wildman–Crippen MR) is 111 cm³/mol. The number of aromatic nitrogens is 1. The van der Waals surface area contributed by atoms with Crippen LogP contribution in [0, 0.1) is 5.82 Å². The van der Waals surface area contributed by atoms with E-state index in [0.717, 1.165) is 21.2 Å². The fourth-order valence-electron chi connectivity index (χ4n) is 3.33. The fourth-order valence-corrected chi connectivity index (χ4v) is 4.51. The Morgan fingerprint density at radius 2 is 1.78 bits per heavy atom. The molecule has 0 aliphatic rings. The van der Waals surface area contributed by atoms with Gasteiger partial charge in [-0.25, -0.2) is 9.37 Å². The first-order valence-electron chi connectivity index (χ1n) is 9.23. The van der Waals surface area contributed by atoms with Crippen LogP contribution in [0.3, 0.4) is 0 Å². The van der Waals surface area contributed by atoms with Crippen molar-refractivity contribution in [2.24, 2.45) is 0 Å². The second kappa shape index (κ2) is 6.16. The molecule has 4 aromatic rings. The summed E-state index contributed by atoms with van der Waals surface area (Å²) in [5.41, 5.74) is 1.93. The average Bonchev–Trinajstić information content (AvgIpc) is 3.21. The second-order valence-electron chi connectivity index (χ2n) is 8.87. The lowest BCUT2D eigenvalue weighted by Crippen LogP contribution is -2.21. The number of thiophene rings is 1. The van der Waals surface area contributed by atoms with Gasteiger partial charge in [0, 0.05) is 10.3 Å². The third-order valence-corrected chi connectivity index (χ3v) is 6.52. The lowest BCUT2D eigenvalue weighted by molar-refractivity contribution is 0.377. The molecule has 0 aliphatic heterocycles. The lowest BCUT2D eigenvalue weighted by atomic mass is 9.85. The van der Waals surface area contributed by atoms with Crippen molar-refractivity contribution in [1.82, 2.24) is 4.98 Å². The molecule has 4 heteroatoms. The van der Waals surface area contributed by atoms with Crippen LogP contribution in [0.5, 0.6) is 0 Å². The molecule has 140 valence electrons. The first-order chi connectivity index (χ1) is 12.6. The van der Waals surface area contributed by atoms with Crippen LogP contribution in [0.1, 0.15) is 51.0 Å². The van der Waals surface area contributed by atoms with Crippen molar-refractivity contribution in [2.45, 2.75) is 51.9 Å². The molecule has 0 saturated carbocycles. The van der Waals surface area contributed by atoms with Gasteiger partial charge in [0.05, 0.1) is 4.70 Å². The van der Waals surface area contributed by atoms with E-state index in [1.165, 1.54) is 4.88 Å². The Bertz CT molecular complexity index is 1100. The van der Waals surface area contributed by atoms with Gasteiger partial charge >= 0.3 is 0 Å². The van der Waals surface area contributed by atoms with Crippen LogP contribution in [0.25, 0.3) is 21.2 Å². The van der Waals surface area contributed by atoms with Crippen molar-refractivity contribution in [2.75, 3.05) is 0 Å². The molecule has 0 spiro atoms. The first-order valence-corrected chi connectivity index (χ1v) is 10.0. The molecule has 0 fully saturated rings. The highest BCUT2D eigenvalue weighted by atomic mass is 32.1. The number of benzene rings is 2. The van der Waals surface area contributed by atoms with Crippen LogP contribution in [0.15, 0.2) is 46.9 Å². The van der Waals surface area contributed by atoms with Crippen LogP contribution in [0.2, 0.25) is 0 Å². The summed E-state index contributed by atoms with van der Waals surface area (Å²) in [4.78, 5) is 5.82. The number of para-hydroxylation sites is 2. The highest BCUT2D eigenvalue weighted by Gasteiger charge is 2.29. The largest absolute Gasteiger partial charge is 0.440 e. The molecule has 0 aliphatic carbocycles. The maximum absolute atomic E-state index is 15.3. The van der Waals surface area contributed by atoms with Crippen LogP contribution in [0.4, 0.5) is 4.39 Å². The molecule has 2 aromatic heterocycles. The van der Waals surface area contributed by atoms with Gasteiger partial charge in [0.2, 0.25) is 5.89 Å². The van der Waals surface area contributed by atoms with Gasteiger partial charge in [-0.05, 0) is 41.0 Å². The minimum Gasteiger partial charge on any atom is -0.440 e. The Morgan fingerprint density at radius 1 is 1.04 bits per heavy atom. The molecular formula is C23H24FNOS. The molecule has 2 aromatic carbocycles. The van der Waals surface area contributed by atoms with Gasteiger partial charge in [-0.2, -0.15) is 0 Å². The van der Waals surface area contributed by atoms with Gasteiger partial charge in [-0.3, -0.25) is 0 Å². The second-order valence-corrected chi connectivity index (χ2v) is 9.92. The van der Waals surface area contributed by atoms with Crippen molar-refractivity contribution in [3.63, 3.8) is 0 Å². The molecule has 2 nitrogen and oxygen atoms in total. The molecule has 2 heterocycles. The summed E-state index contributed by atoms with van der Waals surface area (Å²) < 4.78 is 22.0. The van der Waals surface area contributed by atoms with Crippen LogP contribution in [-0.2, 0) is 17.3 Å². The van der Waals surface area contributed by atoms with Crippen LogP contribution >= 0.6 is 11.3 Å². The molecule has 0 N–H and O–H groups in total. The van der Waals surface area contributed by atoms with Crippen LogP contribution in [-0.4, -0.2) is 4.98 Å². The van der Waals surface area contributed by atoms with Gasteiger partial charge in [0.15, 0.2) is 5.58 Å². The molecule has 0 radical (unpaired) electrons. The molecule has 0 atom stereocenters. The van der Waals surface area contributed by atoms with E-state index in [1.807, 2.05) is 36.4 Å². The van der Waals surface area contributed by atoms with E-state index in [1.54, 1.807) is 11.3 Å². The summed E-state index contributed by atoms with van der Waals surface area (Å²) >= 11 is 1.56. The Balaban J connectivity index is 1.72. The Labute approximate surface area is 163 Å². The van der Waals surface area contributed by atoms with E-state index in [2.05, 4.69) is 45.7 Å². The fraction of sp³-hybridized carbons (Fsp3) is 0.348. The number of halogens is 1. The highest BCUT2D eigenvalue weighted by Crippen LogP contribution is 2.38. The smallest absolute Gasteiger partial charge is 0.201 e. The van der Waals surface area contributed by atoms with E-state index < -0.39 is 5.41 Å². The van der Waals surface area contributed by atoms with E-state index >= 15 is 4.39 Å². The highest BCUT2D eigenvalue weighted by molar-refractivity contribution is 7.19. The Kier molecular flexibility index (Phi) is 4.15. The zero-order valence-corrected chi connectivity index (χ0v) is 17.2. The van der Waals surface area contributed by atoms with Gasteiger partial charge in [0.1, 0.15) is 11.3 Å².